The smallest absolute Gasteiger partial charge is 0.334 e. The Kier molecular flexibility index (Phi) is 7.70. The van der Waals surface area contributed by atoms with Gasteiger partial charge in [0.1, 0.15) is 11.4 Å². The Morgan fingerprint density at radius 3 is 2.59 bits per heavy atom. The monoisotopic (exact) mass is 308 g/mol. The van der Waals surface area contributed by atoms with Gasteiger partial charge in [0.15, 0.2) is 0 Å². The first kappa shape index (κ1) is 18.8. The molecule has 0 bridgehead atoms. The Hall–Kier alpha value is -1.25. The van der Waals surface area contributed by atoms with Crippen LogP contribution in [0.4, 0.5) is 0 Å². The Balaban J connectivity index is 2.92. The van der Waals surface area contributed by atoms with E-state index in [4.69, 9.17) is 9.47 Å². The van der Waals surface area contributed by atoms with Gasteiger partial charge >= 0.3 is 5.97 Å². The van der Waals surface area contributed by atoms with E-state index in [0.717, 1.165) is 24.8 Å². The molecule has 0 spiro atoms. The molecule has 1 rings (SSSR count). The van der Waals surface area contributed by atoms with Crippen molar-refractivity contribution in [1.29, 1.82) is 0 Å². The van der Waals surface area contributed by atoms with Crippen LogP contribution in [0.2, 0.25) is 0 Å². The summed E-state index contributed by atoms with van der Waals surface area (Å²) in [6.45, 7) is 8.76. The molecule has 0 aromatic rings. The van der Waals surface area contributed by atoms with Crippen LogP contribution in [0.5, 0.6) is 0 Å². The summed E-state index contributed by atoms with van der Waals surface area (Å²) in [5.74, 6) is 1.02. The van der Waals surface area contributed by atoms with Crippen LogP contribution in [-0.2, 0) is 14.3 Å². The number of rotatable bonds is 9. The van der Waals surface area contributed by atoms with Gasteiger partial charge in [0, 0.05) is 0 Å². The SMILES string of the molecule is CCCCC(CC)CC1(CC)C=C(CC)C(=CC(=O)OC)O1. The molecule has 0 amide bonds. The minimum Gasteiger partial charge on any atom is -0.483 e. The minimum absolute atomic E-state index is 0.250. The number of esters is 1. The van der Waals surface area contributed by atoms with Crippen LogP contribution in [-0.4, -0.2) is 18.7 Å². The molecule has 0 fully saturated rings. The Bertz CT molecular complexity index is 422. The van der Waals surface area contributed by atoms with Gasteiger partial charge in [-0.15, -0.1) is 0 Å². The molecule has 1 aliphatic rings. The van der Waals surface area contributed by atoms with Crippen LogP contribution < -0.4 is 0 Å². The lowest BCUT2D eigenvalue weighted by molar-refractivity contribution is -0.135. The van der Waals surface area contributed by atoms with Crippen molar-refractivity contribution < 1.29 is 14.3 Å². The predicted molar refractivity (Wildman–Crippen MR) is 90.5 cm³/mol. The molecule has 0 aromatic heterocycles. The summed E-state index contributed by atoms with van der Waals surface area (Å²) >= 11 is 0. The minimum atomic E-state index is -0.348. The molecule has 0 N–H and O–H groups in total. The van der Waals surface area contributed by atoms with Crippen molar-refractivity contribution >= 4 is 5.97 Å². The first-order valence-electron chi connectivity index (χ1n) is 8.74. The highest BCUT2D eigenvalue weighted by atomic mass is 16.5. The van der Waals surface area contributed by atoms with E-state index in [1.165, 1.54) is 38.9 Å². The van der Waals surface area contributed by atoms with Crippen LogP contribution in [0.25, 0.3) is 0 Å². The van der Waals surface area contributed by atoms with Gasteiger partial charge in [-0.05, 0) is 36.8 Å². The first-order chi connectivity index (χ1) is 10.5. The molecule has 1 aliphatic heterocycles. The largest absolute Gasteiger partial charge is 0.483 e. The number of carbonyl (C=O) groups excluding carboxylic acids is 1. The lowest BCUT2D eigenvalue weighted by Gasteiger charge is -2.30. The quantitative estimate of drug-likeness (QED) is 0.435. The molecule has 1 heterocycles. The lowest BCUT2D eigenvalue weighted by Crippen LogP contribution is -2.29. The van der Waals surface area contributed by atoms with Crippen molar-refractivity contribution in [2.75, 3.05) is 7.11 Å². The Morgan fingerprint density at radius 2 is 2.09 bits per heavy atom. The number of hydrogen-bond donors (Lipinski definition) is 0. The van der Waals surface area contributed by atoms with Crippen molar-refractivity contribution in [1.82, 2.24) is 0 Å². The summed E-state index contributed by atoms with van der Waals surface area (Å²) in [7, 11) is 1.40. The molecular formula is C19H32O3. The third-order valence-electron chi connectivity index (χ3n) is 4.67. The second kappa shape index (κ2) is 9.02. The van der Waals surface area contributed by atoms with Gasteiger partial charge in [-0.25, -0.2) is 4.79 Å². The average Bonchev–Trinajstić information content (AvgIpc) is 2.89. The van der Waals surface area contributed by atoms with E-state index in [1.54, 1.807) is 0 Å². The molecule has 126 valence electrons. The number of ether oxygens (including phenoxy) is 2. The van der Waals surface area contributed by atoms with Crippen LogP contribution in [0.15, 0.2) is 23.5 Å². The molecule has 22 heavy (non-hydrogen) atoms. The highest BCUT2D eigenvalue weighted by molar-refractivity contribution is 5.83. The zero-order valence-electron chi connectivity index (χ0n) is 14.9. The third kappa shape index (κ3) is 4.89. The molecule has 0 saturated heterocycles. The maximum Gasteiger partial charge on any atom is 0.334 e. The summed E-state index contributed by atoms with van der Waals surface area (Å²) in [6, 6.07) is 0. The maximum atomic E-state index is 11.5. The van der Waals surface area contributed by atoms with Gasteiger partial charge in [0.2, 0.25) is 0 Å². The third-order valence-corrected chi connectivity index (χ3v) is 4.67. The molecule has 3 nitrogen and oxygen atoms in total. The molecule has 2 unspecified atom stereocenters. The second-order valence-corrected chi connectivity index (χ2v) is 6.20. The van der Waals surface area contributed by atoms with Crippen molar-refractivity contribution in [3.05, 3.63) is 23.5 Å². The molecule has 0 aliphatic carbocycles. The molecule has 0 radical (unpaired) electrons. The van der Waals surface area contributed by atoms with Crippen LogP contribution in [0, 0.1) is 5.92 Å². The van der Waals surface area contributed by atoms with Crippen molar-refractivity contribution in [3.63, 3.8) is 0 Å². The van der Waals surface area contributed by atoms with E-state index in [2.05, 4.69) is 33.8 Å². The Morgan fingerprint density at radius 1 is 1.36 bits per heavy atom. The van der Waals surface area contributed by atoms with E-state index in [-0.39, 0.29) is 11.6 Å². The summed E-state index contributed by atoms with van der Waals surface area (Å²) in [5.41, 5.74) is 0.872. The van der Waals surface area contributed by atoms with Crippen molar-refractivity contribution in [2.24, 2.45) is 5.92 Å². The summed E-state index contributed by atoms with van der Waals surface area (Å²) in [4.78, 5) is 11.5. The van der Waals surface area contributed by atoms with E-state index in [0.29, 0.717) is 11.7 Å². The second-order valence-electron chi connectivity index (χ2n) is 6.20. The van der Waals surface area contributed by atoms with Gasteiger partial charge in [0.25, 0.3) is 0 Å². The van der Waals surface area contributed by atoms with Gasteiger partial charge < -0.3 is 9.47 Å². The van der Waals surface area contributed by atoms with Crippen molar-refractivity contribution in [2.45, 2.75) is 78.2 Å². The zero-order valence-corrected chi connectivity index (χ0v) is 14.9. The maximum absolute atomic E-state index is 11.5. The lowest BCUT2D eigenvalue weighted by atomic mass is 9.84. The molecule has 0 saturated carbocycles. The van der Waals surface area contributed by atoms with Gasteiger partial charge in [-0.1, -0.05) is 53.4 Å². The van der Waals surface area contributed by atoms with Crippen LogP contribution >= 0.6 is 0 Å². The van der Waals surface area contributed by atoms with E-state index < -0.39 is 0 Å². The fraction of sp³-hybridized carbons (Fsp3) is 0.737. The van der Waals surface area contributed by atoms with Gasteiger partial charge in [-0.2, -0.15) is 0 Å². The van der Waals surface area contributed by atoms with E-state index in [9.17, 15) is 4.79 Å². The number of allylic oxidation sites excluding steroid dienone is 1. The number of unbranched alkanes of at least 4 members (excludes halogenated alkanes) is 1. The van der Waals surface area contributed by atoms with Crippen LogP contribution in [0.3, 0.4) is 0 Å². The number of methoxy groups -OCH3 is 1. The normalized spacial score (nSPS) is 24.0. The fourth-order valence-corrected chi connectivity index (χ4v) is 3.12. The zero-order chi connectivity index (χ0) is 16.6. The highest BCUT2D eigenvalue weighted by Gasteiger charge is 2.37. The van der Waals surface area contributed by atoms with E-state index >= 15 is 0 Å². The summed E-state index contributed by atoms with van der Waals surface area (Å²) in [5, 5.41) is 0. The van der Waals surface area contributed by atoms with Gasteiger partial charge in [0.05, 0.1) is 13.2 Å². The van der Waals surface area contributed by atoms with E-state index in [1.807, 2.05) is 0 Å². The molecular weight excluding hydrogens is 276 g/mol. The first-order valence-corrected chi connectivity index (χ1v) is 8.74. The standard InChI is InChI=1S/C19H32O3/c1-6-10-11-15(7-2)13-19(9-4)14-16(8-3)17(22-19)12-18(20)21-5/h12,14-15H,6-11,13H2,1-5H3. The van der Waals surface area contributed by atoms with Crippen LogP contribution in [0.1, 0.15) is 72.6 Å². The van der Waals surface area contributed by atoms with Gasteiger partial charge in [-0.3, -0.25) is 0 Å². The van der Waals surface area contributed by atoms with Crippen molar-refractivity contribution in [3.8, 4) is 0 Å². The molecule has 2 atom stereocenters. The number of hydrogen-bond acceptors (Lipinski definition) is 3. The predicted octanol–water partition coefficient (Wildman–Crippen LogP) is 5.17. The summed E-state index contributed by atoms with van der Waals surface area (Å²) < 4.78 is 11.0. The number of carbonyl (C=O) groups is 1. The highest BCUT2D eigenvalue weighted by Crippen LogP contribution is 2.41. The average molecular weight is 308 g/mol. The topological polar surface area (TPSA) is 35.5 Å². The molecule has 0 aromatic carbocycles. The summed E-state index contributed by atoms with van der Waals surface area (Å²) in [6.07, 6.45) is 11.5. The fourth-order valence-electron chi connectivity index (χ4n) is 3.12. The molecule has 3 heteroatoms. The Labute approximate surface area is 135 Å².